The van der Waals surface area contributed by atoms with Crippen LogP contribution in [-0.2, 0) is 19.5 Å². The highest BCUT2D eigenvalue weighted by Crippen LogP contribution is 2.13. The molecule has 5 N–H and O–H groups in total. The van der Waals surface area contributed by atoms with Crippen LogP contribution in [-0.4, -0.2) is 29.0 Å². The molecule has 1 rings (SSSR count). The summed E-state index contributed by atoms with van der Waals surface area (Å²) in [6.45, 7) is 5.29. The monoisotopic (exact) mass is 252 g/mol. The van der Waals surface area contributed by atoms with E-state index >= 15 is 0 Å². The molecule has 0 aliphatic carbocycles. The molecule has 102 valence electrons. The standard InChI is InChI=1S/C14H24N2O2/c1-10(17)5-12-3-4-13(14(6-12)7-15)9-16-8-11(2)18/h3-4,6,10-11,16-18H,5,7-9,15H2,1-2H3. The first kappa shape index (κ1) is 15.1. The van der Waals surface area contributed by atoms with E-state index in [2.05, 4.69) is 5.32 Å². The molecule has 0 aliphatic rings. The van der Waals surface area contributed by atoms with Gasteiger partial charge in [0.25, 0.3) is 0 Å². The van der Waals surface area contributed by atoms with Crippen molar-refractivity contribution in [2.24, 2.45) is 5.73 Å². The van der Waals surface area contributed by atoms with Crippen LogP contribution in [0.4, 0.5) is 0 Å². The molecule has 1 aromatic carbocycles. The third kappa shape index (κ3) is 5.14. The molecule has 4 nitrogen and oxygen atoms in total. The Kier molecular flexibility index (Phi) is 6.29. The number of aliphatic hydroxyl groups is 2. The highest BCUT2D eigenvalue weighted by Gasteiger charge is 2.05. The number of rotatable bonds is 7. The van der Waals surface area contributed by atoms with Crippen LogP contribution in [0.5, 0.6) is 0 Å². The Hall–Kier alpha value is -0.940. The zero-order chi connectivity index (χ0) is 13.5. The van der Waals surface area contributed by atoms with Gasteiger partial charge in [0.15, 0.2) is 0 Å². The zero-order valence-electron chi connectivity index (χ0n) is 11.2. The van der Waals surface area contributed by atoms with Crippen molar-refractivity contribution in [2.45, 2.75) is 45.6 Å². The maximum Gasteiger partial charge on any atom is 0.0636 e. The second-order valence-electron chi connectivity index (χ2n) is 4.84. The summed E-state index contributed by atoms with van der Waals surface area (Å²) >= 11 is 0. The minimum Gasteiger partial charge on any atom is -0.393 e. The fraction of sp³-hybridized carbons (Fsp3) is 0.571. The molecule has 0 radical (unpaired) electrons. The van der Waals surface area contributed by atoms with E-state index in [-0.39, 0.29) is 12.2 Å². The van der Waals surface area contributed by atoms with Gasteiger partial charge >= 0.3 is 0 Å². The SMILES string of the molecule is CC(O)CNCc1ccc(CC(C)O)cc1CN. The largest absolute Gasteiger partial charge is 0.393 e. The summed E-state index contributed by atoms with van der Waals surface area (Å²) in [4.78, 5) is 0. The first-order chi connectivity index (χ1) is 8.52. The van der Waals surface area contributed by atoms with Crippen LogP contribution in [0.1, 0.15) is 30.5 Å². The average molecular weight is 252 g/mol. The summed E-state index contributed by atoms with van der Waals surface area (Å²) in [5.74, 6) is 0. The smallest absolute Gasteiger partial charge is 0.0636 e. The fourth-order valence-electron chi connectivity index (χ4n) is 1.93. The molecule has 0 saturated carbocycles. The van der Waals surface area contributed by atoms with E-state index in [0.29, 0.717) is 26.1 Å². The Morgan fingerprint density at radius 2 is 1.89 bits per heavy atom. The zero-order valence-corrected chi connectivity index (χ0v) is 11.2. The van der Waals surface area contributed by atoms with Crippen molar-refractivity contribution in [3.8, 4) is 0 Å². The molecule has 2 unspecified atom stereocenters. The number of hydrogen-bond acceptors (Lipinski definition) is 4. The molecule has 0 saturated heterocycles. The first-order valence-corrected chi connectivity index (χ1v) is 6.40. The number of benzene rings is 1. The van der Waals surface area contributed by atoms with Crippen molar-refractivity contribution in [1.29, 1.82) is 0 Å². The highest BCUT2D eigenvalue weighted by molar-refractivity contribution is 5.32. The highest BCUT2D eigenvalue weighted by atomic mass is 16.3. The lowest BCUT2D eigenvalue weighted by atomic mass is 10.0. The number of nitrogens with two attached hydrogens (primary N) is 1. The Morgan fingerprint density at radius 3 is 2.44 bits per heavy atom. The number of hydrogen-bond donors (Lipinski definition) is 4. The topological polar surface area (TPSA) is 78.5 Å². The van der Waals surface area contributed by atoms with E-state index in [4.69, 9.17) is 5.73 Å². The van der Waals surface area contributed by atoms with E-state index in [0.717, 1.165) is 16.7 Å². The second kappa shape index (κ2) is 7.48. The van der Waals surface area contributed by atoms with Crippen molar-refractivity contribution in [3.63, 3.8) is 0 Å². The van der Waals surface area contributed by atoms with Gasteiger partial charge in [0, 0.05) is 19.6 Å². The lowest BCUT2D eigenvalue weighted by Crippen LogP contribution is -2.24. The molecule has 0 amide bonds. The molecule has 0 fully saturated rings. The van der Waals surface area contributed by atoms with E-state index in [1.54, 1.807) is 13.8 Å². The predicted octanol–water partition coefficient (Wildman–Crippen LogP) is 0.539. The van der Waals surface area contributed by atoms with E-state index in [9.17, 15) is 10.2 Å². The van der Waals surface area contributed by atoms with Crippen LogP contribution in [0.3, 0.4) is 0 Å². The van der Waals surface area contributed by atoms with E-state index in [1.807, 2.05) is 18.2 Å². The van der Waals surface area contributed by atoms with Crippen LogP contribution in [0.15, 0.2) is 18.2 Å². The van der Waals surface area contributed by atoms with Gasteiger partial charge in [-0.1, -0.05) is 18.2 Å². The average Bonchev–Trinajstić information content (AvgIpc) is 2.29. The maximum atomic E-state index is 9.37. The summed E-state index contributed by atoms with van der Waals surface area (Å²) in [5.41, 5.74) is 9.08. The van der Waals surface area contributed by atoms with Crippen molar-refractivity contribution in [2.75, 3.05) is 6.54 Å². The molecule has 0 heterocycles. The van der Waals surface area contributed by atoms with Crippen LogP contribution in [0.25, 0.3) is 0 Å². The van der Waals surface area contributed by atoms with Gasteiger partial charge in [0.1, 0.15) is 0 Å². The Labute approximate surface area is 109 Å². The van der Waals surface area contributed by atoms with Gasteiger partial charge in [0.2, 0.25) is 0 Å². The Bertz CT molecular complexity index is 365. The molecule has 18 heavy (non-hydrogen) atoms. The molecular weight excluding hydrogens is 228 g/mol. The molecule has 4 heteroatoms. The van der Waals surface area contributed by atoms with Crippen LogP contribution >= 0.6 is 0 Å². The molecule has 2 atom stereocenters. The van der Waals surface area contributed by atoms with Crippen molar-refractivity contribution in [3.05, 3.63) is 34.9 Å². The van der Waals surface area contributed by atoms with Crippen LogP contribution in [0, 0.1) is 0 Å². The van der Waals surface area contributed by atoms with Crippen LogP contribution in [0.2, 0.25) is 0 Å². The van der Waals surface area contributed by atoms with E-state index < -0.39 is 0 Å². The fourth-order valence-corrected chi connectivity index (χ4v) is 1.93. The maximum absolute atomic E-state index is 9.37. The summed E-state index contributed by atoms with van der Waals surface area (Å²) in [6.07, 6.45) is -0.0374. The normalized spacial score (nSPS) is 14.5. The summed E-state index contributed by atoms with van der Waals surface area (Å²) in [6, 6.07) is 6.10. The van der Waals surface area contributed by atoms with Gasteiger partial charge in [-0.05, 0) is 37.0 Å². The van der Waals surface area contributed by atoms with Gasteiger partial charge in [0.05, 0.1) is 12.2 Å². The lowest BCUT2D eigenvalue weighted by Gasteiger charge is -2.13. The molecule has 0 aromatic heterocycles. The predicted molar refractivity (Wildman–Crippen MR) is 73.1 cm³/mol. The van der Waals surface area contributed by atoms with Gasteiger partial charge in [-0.25, -0.2) is 0 Å². The molecule has 0 bridgehead atoms. The van der Waals surface area contributed by atoms with Crippen LogP contribution < -0.4 is 11.1 Å². The molecule has 0 spiro atoms. The summed E-state index contributed by atoms with van der Waals surface area (Å²) < 4.78 is 0. The second-order valence-corrected chi connectivity index (χ2v) is 4.84. The Morgan fingerprint density at radius 1 is 1.17 bits per heavy atom. The van der Waals surface area contributed by atoms with Gasteiger partial charge in [-0.2, -0.15) is 0 Å². The molecule has 0 aliphatic heterocycles. The van der Waals surface area contributed by atoms with E-state index in [1.165, 1.54) is 0 Å². The lowest BCUT2D eigenvalue weighted by molar-refractivity contribution is 0.191. The molecular formula is C14H24N2O2. The number of nitrogens with one attached hydrogen (secondary N) is 1. The quantitative estimate of drug-likeness (QED) is 0.571. The Balaban J connectivity index is 2.67. The van der Waals surface area contributed by atoms with Crippen molar-refractivity contribution < 1.29 is 10.2 Å². The summed E-state index contributed by atoms with van der Waals surface area (Å²) in [7, 11) is 0. The van der Waals surface area contributed by atoms with Gasteiger partial charge in [-0.3, -0.25) is 0 Å². The summed E-state index contributed by atoms with van der Waals surface area (Å²) in [5, 5.41) is 21.7. The van der Waals surface area contributed by atoms with Gasteiger partial charge in [-0.15, -0.1) is 0 Å². The minimum atomic E-state index is -0.346. The third-order valence-corrected chi connectivity index (χ3v) is 2.78. The van der Waals surface area contributed by atoms with Crippen molar-refractivity contribution in [1.82, 2.24) is 5.32 Å². The van der Waals surface area contributed by atoms with Gasteiger partial charge < -0.3 is 21.3 Å². The number of aliphatic hydroxyl groups excluding tert-OH is 2. The molecule has 1 aromatic rings. The third-order valence-electron chi connectivity index (χ3n) is 2.78. The first-order valence-electron chi connectivity index (χ1n) is 6.40. The minimum absolute atomic E-state index is 0.338. The van der Waals surface area contributed by atoms with Crippen molar-refractivity contribution >= 4 is 0 Å².